The number of likely N-dealkylation sites (N-methyl/N-ethyl adjacent to an activating group) is 1. The lowest BCUT2D eigenvalue weighted by atomic mass is 9.95. The van der Waals surface area contributed by atoms with Gasteiger partial charge >= 0.3 is 0 Å². The number of hydrogen-bond acceptors (Lipinski definition) is 4. The molecule has 1 aliphatic rings. The van der Waals surface area contributed by atoms with Crippen LogP contribution in [0.25, 0.3) is 0 Å². The summed E-state index contributed by atoms with van der Waals surface area (Å²) < 4.78 is 5.15. The minimum Gasteiger partial charge on any atom is -0.383 e. The first kappa shape index (κ1) is 16.4. The molecule has 1 amide bonds. The highest BCUT2D eigenvalue weighted by Gasteiger charge is 2.45. The molecule has 1 fully saturated rings. The number of nitrogens with zero attached hydrogens (tertiary/aromatic N) is 1. The maximum Gasteiger partial charge on any atom is 0.237 e. The molecule has 0 aliphatic heterocycles. The SMILES string of the molecule is CCN(CCOC)C1CCC(NC(C)C)(C(N)=O)C1. The third kappa shape index (κ3) is 4.16. The summed E-state index contributed by atoms with van der Waals surface area (Å²) in [4.78, 5) is 14.2. The Morgan fingerprint density at radius 2 is 2.26 bits per heavy atom. The van der Waals surface area contributed by atoms with Crippen molar-refractivity contribution < 1.29 is 9.53 Å². The molecule has 0 aromatic rings. The van der Waals surface area contributed by atoms with Crippen molar-refractivity contribution in [2.24, 2.45) is 5.73 Å². The van der Waals surface area contributed by atoms with Gasteiger partial charge in [0.2, 0.25) is 5.91 Å². The number of rotatable bonds is 8. The number of nitrogens with two attached hydrogens (primary N) is 1. The molecule has 19 heavy (non-hydrogen) atoms. The quantitative estimate of drug-likeness (QED) is 0.683. The highest BCUT2D eigenvalue weighted by Crippen LogP contribution is 2.33. The van der Waals surface area contributed by atoms with Gasteiger partial charge in [0.1, 0.15) is 0 Å². The van der Waals surface area contributed by atoms with E-state index in [9.17, 15) is 4.79 Å². The Labute approximate surface area is 116 Å². The third-order valence-electron chi connectivity index (χ3n) is 4.03. The van der Waals surface area contributed by atoms with Crippen LogP contribution < -0.4 is 11.1 Å². The largest absolute Gasteiger partial charge is 0.383 e. The van der Waals surface area contributed by atoms with Crippen LogP contribution in [0.3, 0.4) is 0 Å². The highest BCUT2D eigenvalue weighted by molar-refractivity contribution is 5.85. The van der Waals surface area contributed by atoms with Gasteiger partial charge in [0.15, 0.2) is 0 Å². The fourth-order valence-corrected chi connectivity index (χ4v) is 3.12. The third-order valence-corrected chi connectivity index (χ3v) is 4.03. The molecule has 0 radical (unpaired) electrons. The average molecular weight is 271 g/mol. The number of carbonyl (C=O) groups excluding carboxylic acids is 1. The summed E-state index contributed by atoms with van der Waals surface area (Å²) in [6.45, 7) is 8.88. The monoisotopic (exact) mass is 271 g/mol. The van der Waals surface area contributed by atoms with Gasteiger partial charge in [0, 0.05) is 25.7 Å². The maximum atomic E-state index is 11.8. The Balaban J connectivity index is 2.69. The van der Waals surface area contributed by atoms with Crippen molar-refractivity contribution in [2.75, 3.05) is 26.8 Å². The zero-order chi connectivity index (χ0) is 14.5. The molecule has 0 aromatic carbocycles. The molecule has 0 saturated heterocycles. The van der Waals surface area contributed by atoms with E-state index in [0.29, 0.717) is 6.04 Å². The van der Waals surface area contributed by atoms with Crippen molar-refractivity contribution in [3.05, 3.63) is 0 Å². The molecule has 5 heteroatoms. The Morgan fingerprint density at radius 3 is 2.74 bits per heavy atom. The first-order valence-corrected chi connectivity index (χ1v) is 7.25. The van der Waals surface area contributed by atoms with Crippen molar-refractivity contribution in [3.8, 4) is 0 Å². The molecule has 0 aromatic heterocycles. The van der Waals surface area contributed by atoms with E-state index in [-0.39, 0.29) is 11.9 Å². The second-order valence-corrected chi connectivity index (χ2v) is 5.76. The second kappa shape index (κ2) is 7.22. The standard InChI is InChI=1S/C14H29N3O2/c1-5-17(8-9-19-4)12-6-7-14(10-12,13(15)18)16-11(2)3/h11-12,16H,5-10H2,1-4H3,(H2,15,18). The zero-order valence-electron chi connectivity index (χ0n) is 12.7. The molecule has 1 rings (SSSR count). The number of ether oxygens (including phenoxy) is 1. The van der Waals surface area contributed by atoms with Crippen molar-refractivity contribution in [1.82, 2.24) is 10.2 Å². The van der Waals surface area contributed by atoms with Gasteiger partial charge in [0.25, 0.3) is 0 Å². The van der Waals surface area contributed by atoms with Gasteiger partial charge in [-0.15, -0.1) is 0 Å². The summed E-state index contributed by atoms with van der Waals surface area (Å²) in [5.41, 5.74) is 5.11. The molecule has 0 spiro atoms. The smallest absolute Gasteiger partial charge is 0.237 e. The molecule has 3 N–H and O–H groups in total. The lowest BCUT2D eigenvalue weighted by Crippen LogP contribution is -2.56. The molecule has 1 aliphatic carbocycles. The van der Waals surface area contributed by atoms with E-state index in [0.717, 1.165) is 39.0 Å². The van der Waals surface area contributed by atoms with Gasteiger partial charge in [-0.05, 0) is 39.7 Å². The number of amides is 1. The summed E-state index contributed by atoms with van der Waals surface area (Å²) in [5.74, 6) is -0.216. The maximum absolute atomic E-state index is 11.8. The Kier molecular flexibility index (Phi) is 6.23. The second-order valence-electron chi connectivity index (χ2n) is 5.76. The van der Waals surface area contributed by atoms with Crippen molar-refractivity contribution in [2.45, 2.75) is 57.7 Å². The molecular formula is C14H29N3O2. The van der Waals surface area contributed by atoms with Crippen molar-refractivity contribution in [1.29, 1.82) is 0 Å². The zero-order valence-corrected chi connectivity index (χ0v) is 12.7. The fraction of sp³-hybridized carbons (Fsp3) is 0.929. The van der Waals surface area contributed by atoms with Crippen LogP contribution in [0.2, 0.25) is 0 Å². The van der Waals surface area contributed by atoms with E-state index in [4.69, 9.17) is 10.5 Å². The Bertz CT molecular complexity index is 296. The van der Waals surface area contributed by atoms with E-state index in [2.05, 4.69) is 31.0 Å². The van der Waals surface area contributed by atoms with Gasteiger partial charge < -0.3 is 15.8 Å². The lowest BCUT2D eigenvalue weighted by molar-refractivity contribution is -0.124. The number of nitrogens with one attached hydrogen (secondary N) is 1. The molecular weight excluding hydrogens is 242 g/mol. The Hall–Kier alpha value is -0.650. The first-order valence-electron chi connectivity index (χ1n) is 7.25. The van der Waals surface area contributed by atoms with Crippen molar-refractivity contribution in [3.63, 3.8) is 0 Å². The topological polar surface area (TPSA) is 67.6 Å². The first-order chi connectivity index (χ1) is 8.95. The fourth-order valence-electron chi connectivity index (χ4n) is 3.12. The molecule has 2 atom stereocenters. The molecule has 1 saturated carbocycles. The van der Waals surface area contributed by atoms with Crippen LogP contribution >= 0.6 is 0 Å². The summed E-state index contributed by atoms with van der Waals surface area (Å²) in [7, 11) is 1.72. The van der Waals surface area contributed by atoms with Gasteiger partial charge in [-0.1, -0.05) is 6.92 Å². The van der Waals surface area contributed by atoms with Crippen LogP contribution in [0.1, 0.15) is 40.0 Å². The van der Waals surface area contributed by atoms with Gasteiger partial charge in [0.05, 0.1) is 12.1 Å². The van der Waals surface area contributed by atoms with Gasteiger partial charge in [-0.2, -0.15) is 0 Å². The van der Waals surface area contributed by atoms with Crippen LogP contribution in [-0.2, 0) is 9.53 Å². The van der Waals surface area contributed by atoms with E-state index in [1.54, 1.807) is 7.11 Å². The predicted molar refractivity (Wildman–Crippen MR) is 77.0 cm³/mol. The van der Waals surface area contributed by atoms with Crippen LogP contribution in [0, 0.1) is 0 Å². The van der Waals surface area contributed by atoms with Crippen LogP contribution in [0.5, 0.6) is 0 Å². The molecule has 2 unspecified atom stereocenters. The van der Waals surface area contributed by atoms with E-state index in [1.165, 1.54) is 0 Å². The minimum atomic E-state index is -0.528. The van der Waals surface area contributed by atoms with Gasteiger partial charge in [-0.25, -0.2) is 0 Å². The molecule has 0 heterocycles. The van der Waals surface area contributed by atoms with E-state index in [1.807, 2.05) is 0 Å². The molecule has 112 valence electrons. The summed E-state index contributed by atoms with van der Waals surface area (Å²) in [6.07, 6.45) is 2.65. The van der Waals surface area contributed by atoms with Gasteiger partial charge in [-0.3, -0.25) is 9.69 Å². The summed E-state index contributed by atoms with van der Waals surface area (Å²) in [6, 6.07) is 0.680. The number of primary amides is 1. The molecule has 5 nitrogen and oxygen atoms in total. The van der Waals surface area contributed by atoms with Crippen LogP contribution in [0.4, 0.5) is 0 Å². The minimum absolute atomic E-state index is 0.216. The van der Waals surface area contributed by atoms with Crippen molar-refractivity contribution >= 4 is 5.91 Å². The number of methoxy groups -OCH3 is 1. The Morgan fingerprint density at radius 1 is 1.58 bits per heavy atom. The normalized spacial score (nSPS) is 27.4. The number of hydrogen-bond donors (Lipinski definition) is 2. The summed E-state index contributed by atoms with van der Waals surface area (Å²) in [5, 5.41) is 3.39. The predicted octanol–water partition coefficient (Wildman–Crippen LogP) is 0.729. The van der Waals surface area contributed by atoms with Crippen LogP contribution in [0.15, 0.2) is 0 Å². The van der Waals surface area contributed by atoms with E-state index < -0.39 is 5.54 Å². The number of carbonyl (C=O) groups is 1. The molecule has 0 bridgehead atoms. The lowest BCUT2D eigenvalue weighted by Gasteiger charge is -2.32. The summed E-state index contributed by atoms with van der Waals surface area (Å²) >= 11 is 0. The highest BCUT2D eigenvalue weighted by atomic mass is 16.5. The van der Waals surface area contributed by atoms with Crippen LogP contribution in [-0.4, -0.2) is 55.2 Å². The van der Waals surface area contributed by atoms with E-state index >= 15 is 0 Å². The average Bonchev–Trinajstić information content (AvgIpc) is 2.75.